The predicted octanol–water partition coefficient (Wildman–Crippen LogP) is 1.46. The molecule has 0 spiro atoms. The van der Waals surface area contributed by atoms with Crippen LogP contribution < -0.4 is 19.7 Å². The fourth-order valence-corrected chi connectivity index (χ4v) is 5.37. The highest BCUT2D eigenvalue weighted by atomic mass is 32.2. The molecule has 1 amide bonds. The van der Waals surface area contributed by atoms with Crippen LogP contribution in [0, 0.1) is 0 Å². The van der Waals surface area contributed by atoms with Crippen LogP contribution in [0.25, 0.3) is 0 Å². The quantitative estimate of drug-likeness (QED) is 0.426. The maximum absolute atomic E-state index is 13.2. The molecule has 2 aliphatic heterocycles. The van der Waals surface area contributed by atoms with Crippen LogP contribution in [0.3, 0.4) is 0 Å². The third kappa shape index (κ3) is 4.07. The van der Waals surface area contributed by atoms with Crippen LogP contribution in [-0.2, 0) is 10.0 Å². The van der Waals surface area contributed by atoms with Gasteiger partial charge in [0, 0.05) is 19.2 Å². The summed E-state index contributed by atoms with van der Waals surface area (Å²) in [5.74, 6) is -0.925. The molecule has 1 fully saturated rings. The Hall–Kier alpha value is -3.35. The average molecular weight is 464 g/mol. The molecule has 0 unspecified atom stereocenters. The lowest BCUT2D eigenvalue weighted by atomic mass is 10.1. The molecule has 0 aliphatic carbocycles. The van der Waals surface area contributed by atoms with Crippen molar-refractivity contribution < 1.29 is 42.5 Å². The second kappa shape index (κ2) is 8.65. The molecule has 12 heteroatoms. The lowest BCUT2D eigenvalue weighted by molar-refractivity contribution is 0.0659. The highest BCUT2D eigenvalue weighted by molar-refractivity contribution is 7.89. The maximum Gasteiger partial charge on any atom is 0.336 e. The smallest absolute Gasteiger partial charge is 0.336 e. The number of hydrogen-bond acceptors (Lipinski definition) is 8. The number of nitrogens with one attached hydrogen (secondary N) is 1. The van der Waals surface area contributed by atoms with E-state index in [-0.39, 0.29) is 26.0 Å². The van der Waals surface area contributed by atoms with Crippen LogP contribution in [0.15, 0.2) is 41.3 Å². The van der Waals surface area contributed by atoms with Crippen molar-refractivity contribution in [3.63, 3.8) is 0 Å². The van der Waals surface area contributed by atoms with Gasteiger partial charge in [-0.2, -0.15) is 4.31 Å². The van der Waals surface area contributed by atoms with Gasteiger partial charge in [-0.3, -0.25) is 10.0 Å². The van der Waals surface area contributed by atoms with Crippen molar-refractivity contribution in [3.05, 3.63) is 47.5 Å². The molecule has 0 aromatic heterocycles. The molecule has 0 atom stereocenters. The summed E-state index contributed by atoms with van der Waals surface area (Å²) in [6.07, 6.45) is 0.522. The highest BCUT2D eigenvalue weighted by Crippen LogP contribution is 2.36. The number of amides is 1. The van der Waals surface area contributed by atoms with E-state index in [1.807, 2.05) is 0 Å². The number of carbonyl (C=O) groups excluding carboxylic acids is 1. The van der Waals surface area contributed by atoms with Crippen LogP contribution in [0.4, 0.5) is 0 Å². The second-order valence-corrected chi connectivity index (χ2v) is 9.07. The molecule has 4 rings (SSSR count). The number of ether oxygens (including phenoxy) is 3. The Morgan fingerprint density at radius 1 is 1.09 bits per heavy atom. The summed E-state index contributed by atoms with van der Waals surface area (Å²) in [6, 6.07) is 8.66. The summed E-state index contributed by atoms with van der Waals surface area (Å²) >= 11 is 0. The number of sulfonamides is 1. The van der Waals surface area contributed by atoms with E-state index >= 15 is 0 Å². The van der Waals surface area contributed by atoms with E-state index in [4.69, 9.17) is 19.4 Å². The van der Waals surface area contributed by atoms with Gasteiger partial charge >= 0.3 is 5.97 Å². The Kier molecular flexibility index (Phi) is 5.91. The van der Waals surface area contributed by atoms with Crippen LogP contribution in [0.2, 0.25) is 0 Å². The Balaban J connectivity index is 1.50. The minimum atomic E-state index is -4.20. The molecular formula is C20H20N2O9S. The zero-order valence-corrected chi connectivity index (χ0v) is 17.5. The zero-order chi connectivity index (χ0) is 22.9. The molecule has 1 saturated heterocycles. The van der Waals surface area contributed by atoms with Crippen molar-refractivity contribution in [2.45, 2.75) is 23.8 Å². The Morgan fingerprint density at radius 2 is 1.81 bits per heavy atom. The second-order valence-electron chi connectivity index (χ2n) is 7.16. The molecule has 0 saturated carbocycles. The molecule has 2 aliphatic rings. The normalized spacial score (nSPS) is 16.5. The largest absolute Gasteiger partial charge is 0.490 e. The first-order valence-electron chi connectivity index (χ1n) is 9.68. The summed E-state index contributed by atoms with van der Waals surface area (Å²) < 4.78 is 44.1. The van der Waals surface area contributed by atoms with E-state index in [0.717, 1.165) is 12.1 Å². The number of hydrogen-bond donors (Lipinski definition) is 3. The first kappa shape index (κ1) is 21.9. The summed E-state index contributed by atoms with van der Waals surface area (Å²) in [5, 5.41) is 18.3. The van der Waals surface area contributed by atoms with E-state index < -0.39 is 37.9 Å². The molecule has 3 N–H and O–H groups in total. The highest BCUT2D eigenvalue weighted by Gasteiger charge is 2.35. The number of carboxylic acid groups (broad SMARTS) is 1. The Labute approximate surface area is 183 Å². The van der Waals surface area contributed by atoms with Gasteiger partial charge in [0.05, 0.1) is 16.0 Å². The molecule has 2 heterocycles. The lowest BCUT2D eigenvalue weighted by Gasteiger charge is -2.32. The number of rotatable bonds is 6. The van der Waals surface area contributed by atoms with Crippen molar-refractivity contribution in [2.75, 3.05) is 19.9 Å². The van der Waals surface area contributed by atoms with Gasteiger partial charge in [0.2, 0.25) is 16.8 Å². The molecule has 2 aromatic carbocycles. The van der Waals surface area contributed by atoms with Crippen LogP contribution in [0.1, 0.15) is 33.6 Å². The van der Waals surface area contributed by atoms with Crippen LogP contribution in [0.5, 0.6) is 17.2 Å². The van der Waals surface area contributed by atoms with Crippen LogP contribution >= 0.6 is 0 Å². The van der Waals surface area contributed by atoms with Crippen LogP contribution in [-0.4, -0.2) is 60.9 Å². The number of nitrogens with zero attached hydrogens (tertiary/aromatic N) is 1. The number of aromatic carboxylic acids is 1. The molecule has 11 nitrogen and oxygen atoms in total. The average Bonchev–Trinajstić information content (AvgIpc) is 3.26. The lowest BCUT2D eigenvalue weighted by Crippen LogP contribution is -2.42. The minimum absolute atomic E-state index is 0.106. The standard InChI is InChI=1S/C20H20N2O9S/c23-19(21-26)18-14(20(24)25)2-1-3-17(18)32(27,28)22-8-6-12(7-9-22)31-13-4-5-15-16(10-13)30-11-29-15/h1-5,10,12,26H,6-9,11H2,(H,21,23)(H,24,25). The van der Waals surface area contributed by atoms with Gasteiger partial charge in [0.1, 0.15) is 11.9 Å². The third-order valence-corrected chi connectivity index (χ3v) is 7.19. The predicted molar refractivity (Wildman–Crippen MR) is 108 cm³/mol. The van der Waals surface area contributed by atoms with E-state index in [1.165, 1.54) is 15.9 Å². The molecule has 170 valence electrons. The van der Waals surface area contributed by atoms with E-state index in [2.05, 4.69) is 0 Å². The summed E-state index contributed by atoms with van der Waals surface area (Å²) in [6.45, 7) is 0.360. The van der Waals surface area contributed by atoms with Crippen molar-refractivity contribution in [1.82, 2.24) is 9.79 Å². The molecule has 32 heavy (non-hydrogen) atoms. The first-order chi connectivity index (χ1) is 15.3. The van der Waals surface area contributed by atoms with Gasteiger partial charge in [-0.25, -0.2) is 18.7 Å². The monoisotopic (exact) mass is 464 g/mol. The number of fused-ring (bicyclic) bond motifs is 1. The van der Waals surface area contributed by atoms with E-state index in [1.54, 1.807) is 18.2 Å². The van der Waals surface area contributed by atoms with Gasteiger partial charge in [-0.1, -0.05) is 6.07 Å². The fourth-order valence-electron chi connectivity index (χ4n) is 3.69. The van der Waals surface area contributed by atoms with Gasteiger partial charge < -0.3 is 19.3 Å². The number of benzene rings is 2. The fraction of sp³-hybridized carbons (Fsp3) is 0.300. The molecular weight excluding hydrogens is 444 g/mol. The first-order valence-corrected chi connectivity index (χ1v) is 11.1. The number of hydroxylamine groups is 1. The van der Waals surface area contributed by atoms with Gasteiger partial charge in [0.25, 0.3) is 5.91 Å². The molecule has 0 radical (unpaired) electrons. The van der Waals surface area contributed by atoms with Crippen molar-refractivity contribution in [2.24, 2.45) is 0 Å². The number of carbonyl (C=O) groups is 2. The van der Waals surface area contributed by atoms with E-state index in [0.29, 0.717) is 30.1 Å². The Morgan fingerprint density at radius 3 is 2.50 bits per heavy atom. The summed E-state index contributed by atoms with van der Waals surface area (Å²) in [5.41, 5.74) is 0.167. The zero-order valence-electron chi connectivity index (χ0n) is 16.7. The SMILES string of the molecule is O=C(O)c1cccc(S(=O)(=O)N2CCC(Oc3ccc4c(c3)OCO4)CC2)c1C(=O)NO. The van der Waals surface area contributed by atoms with Gasteiger partial charge in [0.15, 0.2) is 11.5 Å². The Bertz CT molecular complexity index is 1160. The molecule has 2 aromatic rings. The van der Waals surface area contributed by atoms with Gasteiger partial charge in [-0.15, -0.1) is 0 Å². The summed E-state index contributed by atoms with van der Waals surface area (Å²) in [7, 11) is -4.20. The third-order valence-electron chi connectivity index (χ3n) is 5.25. The number of piperidine rings is 1. The maximum atomic E-state index is 13.2. The molecule has 0 bridgehead atoms. The summed E-state index contributed by atoms with van der Waals surface area (Å²) in [4.78, 5) is 23.1. The number of carboxylic acids is 1. The minimum Gasteiger partial charge on any atom is -0.490 e. The van der Waals surface area contributed by atoms with Crippen molar-refractivity contribution >= 4 is 21.9 Å². The van der Waals surface area contributed by atoms with Gasteiger partial charge in [-0.05, 0) is 37.1 Å². The van der Waals surface area contributed by atoms with Crippen molar-refractivity contribution in [3.8, 4) is 17.2 Å². The van der Waals surface area contributed by atoms with E-state index in [9.17, 15) is 23.1 Å². The van der Waals surface area contributed by atoms with Crippen molar-refractivity contribution in [1.29, 1.82) is 0 Å². The topological polar surface area (TPSA) is 152 Å².